The zero-order chi connectivity index (χ0) is 9.14. The van der Waals surface area contributed by atoms with Crippen LogP contribution in [0.15, 0.2) is 16.6 Å². The van der Waals surface area contributed by atoms with Gasteiger partial charge in [0.15, 0.2) is 6.29 Å². The summed E-state index contributed by atoms with van der Waals surface area (Å²) in [5.74, 6) is 0. The van der Waals surface area contributed by atoms with Gasteiger partial charge in [0.1, 0.15) is 11.4 Å². The first-order valence-electron chi connectivity index (χ1n) is 3.05. The fourth-order valence-electron chi connectivity index (χ4n) is 0.692. The topological polar surface area (TPSA) is 30.0 Å². The minimum atomic E-state index is -2.67. The van der Waals surface area contributed by atoms with Crippen molar-refractivity contribution in [2.45, 2.75) is 6.43 Å². The molecule has 1 aromatic rings. The van der Waals surface area contributed by atoms with Gasteiger partial charge in [0, 0.05) is 4.47 Å². The van der Waals surface area contributed by atoms with Crippen LogP contribution in [0.3, 0.4) is 0 Å². The molecule has 64 valence electrons. The van der Waals surface area contributed by atoms with Crippen molar-refractivity contribution >= 4 is 22.2 Å². The van der Waals surface area contributed by atoms with Crippen molar-refractivity contribution in [3.8, 4) is 0 Å². The van der Waals surface area contributed by atoms with E-state index in [9.17, 15) is 13.6 Å². The number of aldehydes is 1. The van der Waals surface area contributed by atoms with Crippen LogP contribution in [0, 0.1) is 0 Å². The Hall–Kier alpha value is -0.840. The average molecular weight is 236 g/mol. The Morgan fingerprint density at radius 2 is 2.17 bits per heavy atom. The van der Waals surface area contributed by atoms with Gasteiger partial charge in [-0.2, -0.15) is 0 Å². The quantitative estimate of drug-likeness (QED) is 0.738. The maximum absolute atomic E-state index is 12.1. The fraction of sp³-hybridized carbons (Fsp3) is 0.143. The van der Waals surface area contributed by atoms with E-state index in [1.54, 1.807) is 0 Å². The van der Waals surface area contributed by atoms with Gasteiger partial charge in [-0.25, -0.2) is 13.8 Å². The zero-order valence-corrected chi connectivity index (χ0v) is 7.38. The van der Waals surface area contributed by atoms with Crippen LogP contribution < -0.4 is 0 Å². The first kappa shape index (κ1) is 9.25. The van der Waals surface area contributed by atoms with Gasteiger partial charge in [0.2, 0.25) is 0 Å². The molecule has 0 aromatic carbocycles. The Morgan fingerprint density at radius 3 is 2.67 bits per heavy atom. The van der Waals surface area contributed by atoms with Crippen LogP contribution in [-0.4, -0.2) is 11.3 Å². The number of carbonyl (C=O) groups excluding carboxylic acids is 1. The number of nitrogens with zero attached hydrogens (tertiary/aromatic N) is 1. The summed E-state index contributed by atoms with van der Waals surface area (Å²) >= 11 is 2.90. The highest BCUT2D eigenvalue weighted by molar-refractivity contribution is 9.10. The van der Waals surface area contributed by atoms with Gasteiger partial charge >= 0.3 is 0 Å². The van der Waals surface area contributed by atoms with Crippen LogP contribution in [-0.2, 0) is 0 Å². The first-order valence-corrected chi connectivity index (χ1v) is 3.84. The van der Waals surface area contributed by atoms with Gasteiger partial charge < -0.3 is 0 Å². The summed E-state index contributed by atoms with van der Waals surface area (Å²) in [5.41, 5.74) is -0.395. The molecule has 1 rings (SSSR count). The van der Waals surface area contributed by atoms with Gasteiger partial charge in [0.25, 0.3) is 6.43 Å². The van der Waals surface area contributed by atoms with Crippen LogP contribution in [0.25, 0.3) is 0 Å². The second-order valence-electron chi connectivity index (χ2n) is 2.02. The summed E-state index contributed by atoms with van der Waals surface area (Å²) in [6, 6.07) is 2.74. The summed E-state index contributed by atoms with van der Waals surface area (Å²) in [5, 5.41) is 0. The Morgan fingerprint density at radius 1 is 1.50 bits per heavy atom. The Bertz CT molecular complexity index is 303. The Kier molecular flexibility index (Phi) is 2.86. The second-order valence-corrected chi connectivity index (χ2v) is 2.88. The van der Waals surface area contributed by atoms with Crippen molar-refractivity contribution in [1.29, 1.82) is 0 Å². The highest BCUT2D eigenvalue weighted by Crippen LogP contribution is 2.24. The molecule has 0 atom stereocenters. The third-order valence-corrected chi connectivity index (χ3v) is 1.89. The number of aromatic nitrogens is 1. The van der Waals surface area contributed by atoms with E-state index in [4.69, 9.17) is 0 Å². The second kappa shape index (κ2) is 3.71. The largest absolute Gasteiger partial charge is 0.296 e. The molecule has 0 spiro atoms. The van der Waals surface area contributed by atoms with Gasteiger partial charge in [-0.15, -0.1) is 0 Å². The summed E-state index contributed by atoms with van der Waals surface area (Å²) in [7, 11) is 0. The van der Waals surface area contributed by atoms with E-state index in [2.05, 4.69) is 20.9 Å². The first-order chi connectivity index (χ1) is 5.65. The standard InChI is InChI=1S/C7H4BrF2NO/c8-5-2-1-4(3-12)11-6(5)7(9)10/h1-3,7H. The molecule has 1 heterocycles. The number of halogens is 3. The smallest absolute Gasteiger partial charge is 0.281 e. The molecule has 0 aliphatic rings. The molecule has 5 heteroatoms. The van der Waals surface area contributed by atoms with Crippen molar-refractivity contribution in [2.24, 2.45) is 0 Å². The van der Waals surface area contributed by atoms with Gasteiger partial charge in [-0.05, 0) is 28.1 Å². The highest BCUT2D eigenvalue weighted by Gasteiger charge is 2.13. The Labute approximate surface area is 75.7 Å². The van der Waals surface area contributed by atoms with Crippen LogP contribution in [0.1, 0.15) is 22.6 Å². The van der Waals surface area contributed by atoms with E-state index in [1.165, 1.54) is 12.1 Å². The van der Waals surface area contributed by atoms with Crippen molar-refractivity contribution in [1.82, 2.24) is 4.98 Å². The number of rotatable bonds is 2. The van der Waals surface area contributed by atoms with Gasteiger partial charge in [-0.1, -0.05) is 0 Å². The predicted octanol–water partition coefficient (Wildman–Crippen LogP) is 2.59. The summed E-state index contributed by atoms with van der Waals surface area (Å²) in [4.78, 5) is 13.6. The molecule has 12 heavy (non-hydrogen) atoms. The van der Waals surface area contributed by atoms with E-state index in [0.29, 0.717) is 6.29 Å². The molecule has 1 aromatic heterocycles. The average Bonchev–Trinajstić information content (AvgIpc) is 2.05. The minimum Gasteiger partial charge on any atom is -0.296 e. The van der Waals surface area contributed by atoms with Crippen molar-refractivity contribution in [3.63, 3.8) is 0 Å². The molecule has 0 unspecified atom stereocenters. The van der Waals surface area contributed by atoms with Crippen LogP contribution in [0.5, 0.6) is 0 Å². The van der Waals surface area contributed by atoms with Crippen molar-refractivity contribution in [3.05, 3.63) is 28.0 Å². The maximum atomic E-state index is 12.1. The molecule has 0 saturated heterocycles. The minimum absolute atomic E-state index is 0.00787. The molecule has 0 aliphatic carbocycles. The molecule has 0 amide bonds. The zero-order valence-electron chi connectivity index (χ0n) is 5.80. The normalized spacial score (nSPS) is 10.3. The molecular weight excluding hydrogens is 232 g/mol. The molecule has 2 nitrogen and oxygen atoms in total. The van der Waals surface area contributed by atoms with E-state index in [-0.39, 0.29) is 10.2 Å². The summed E-state index contributed by atoms with van der Waals surface area (Å²) in [6.07, 6.45) is -2.24. The lowest BCUT2D eigenvalue weighted by atomic mass is 10.3. The number of carbonyl (C=O) groups is 1. The molecule has 0 fully saturated rings. The van der Waals surface area contributed by atoms with Crippen LogP contribution in [0.4, 0.5) is 8.78 Å². The van der Waals surface area contributed by atoms with E-state index < -0.39 is 12.1 Å². The third kappa shape index (κ3) is 1.85. The maximum Gasteiger partial charge on any atom is 0.281 e. The third-order valence-electron chi connectivity index (χ3n) is 1.22. The van der Waals surface area contributed by atoms with E-state index in [1.807, 2.05) is 0 Å². The lowest BCUT2D eigenvalue weighted by molar-refractivity contribution is 0.111. The monoisotopic (exact) mass is 235 g/mol. The van der Waals surface area contributed by atoms with Crippen LogP contribution in [0.2, 0.25) is 0 Å². The highest BCUT2D eigenvalue weighted by atomic mass is 79.9. The number of pyridine rings is 1. The van der Waals surface area contributed by atoms with Crippen molar-refractivity contribution < 1.29 is 13.6 Å². The van der Waals surface area contributed by atoms with E-state index in [0.717, 1.165) is 0 Å². The van der Waals surface area contributed by atoms with Crippen LogP contribution >= 0.6 is 15.9 Å². The lowest BCUT2D eigenvalue weighted by Crippen LogP contribution is -1.95. The molecular formula is C7H4BrF2NO. The molecule has 0 bridgehead atoms. The molecule has 0 N–H and O–H groups in total. The molecule has 0 radical (unpaired) electrons. The molecule has 0 aliphatic heterocycles. The van der Waals surface area contributed by atoms with Gasteiger partial charge in [0.05, 0.1) is 0 Å². The summed E-state index contributed by atoms with van der Waals surface area (Å²) in [6.45, 7) is 0. The molecule has 0 saturated carbocycles. The van der Waals surface area contributed by atoms with Crippen molar-refractivity contribution in [2.75, 3.05) is 0 Å². The van der Waals surface area contributed by atoms with E-state index >= 15 is 0 Å². The van der Waals surface area contributed by atoms with Gasteiger partial charge in [-0.3, -0.25) is 4.79 Å². The summed E-state index contributed by atoms with van der Waals surface area (Å²) < 4.78 is 24.5. The SMILES string of the molecule is O=Cc1ccc(Br)c(C(F)F)n1. The number of hydrogen-bond donors (Lipinski definition) is 0. The number of hydrogen-bond acceptors (Lipinski definition) is 2. The Balaban J connectivity index is 3.16. The number of alkyl halides is 2. The fourth-order valence-corrected chi connectivity index (χ4v) is 1.09. The lowest BCUT2D eigenvalue weighted by Gasteiger charge is -2.01. The predicted molar refractivity (Wildman–Crippen MR) is 42.3 cm³/mol.